The number of aromatic nitrogens is 3. The maximum absolute atomic E-state index is 10.6. The molecule has 1 aromatic carbocycles. The molecular weight excluding hydrogens is 342 g/mol. The predicted molar refractivity (Wildman–Crippen MR) is 87.3 cm³/mol. The van der Waals surface area contributed by atoms with Crippen molar-refractivity contribution in [3.05, 3.63) is 46.1 Å². The molecule has 0 amide bonds. The van der Waals surface area contributed by atoms with Crippen LogP contribution in [0, 0.1) is 17.0 Å². The monoisotopic (exact) mass is 351 g/mol. The van der Waals surface area contributed by atoms with Crippen LogP contribution < -0.4 is 5.32 Å². The van der Waals surface area contributed by atoms with Gasteiger partial charge in [-0.2, -0.15) is 0 Å². The van der Waals surface area contributed by atoms with Crippen molar-refractivity contribution >= 4 is 50.3 Å². The molecule has 7 nitrogen and oxygen atoms in total. The molecule has 22 heavy (non-hydrogen) atoms. The van der Waals surface area contributed by atoms with Gasteiger partial charge in [-0.15, -0.1) is 10.2 Å². The van der Waals surface area contributed by atoms with Crippen molar-refractivity contribution in [1.29, 1.82) is 0 Å². The van der Waals surface area contributed by atoms with Gasteiger partial charge in [0.15, 0.2) is 8.68 Å². The standard InChI is InChI=1S/C12H9N5O2S3/c1-7-2-4-8(5-3-7)14-10-15-16-12(21-10)22-11-13-6-9(20-11)17(18)19/h2-6H,1H3,(H,14,15). The summed E-state index contributed by atoms with van der Waals surface area (Å²) in [6, 6.07) is 7.95. The average Bonchev–Trinajstić information content (AvgIpc) is 3.12. The number of thiazole rings is 1. The first-order chi connectivity index (χ1) is 10.6. The summed E-state index contributed by atoms with van der Waals surface area (Å²) in [7, 11) is 0. The lowest BCUT2D eigenvalue weighted by Gasteiger charge is -2.01. The molecule has 0 unspecified atom stereocenters. The second-order valence-corrected chi connectivity index (χ2v) is 7.67. The second kappa shape index (κ2) is 6.38. The Morgan fingerprint density at radius 2 is 1.95 bits per heavy atom. The average molecular weight is 351 g/mol. The minimum absolute atomic E-state index is 0.0185. The molecule has 10 heteroatoms. The molecule has 3 rings (SSSR count). The van der Waals surface area contributed by atoms with Crippen LogP contribution in [0.25, 0.3) is 0 Å². The van der Waals surface area contributed by atoms with Gasteiger partial charge in [-0.25, -0.2) is 4.98 Å². The van der Waals surface area contributed by atoms with E-state index in [-0.39, 0.29) is 5.00 Å². The van der Waals surface area contributed by atoms with E-state index < -0.39 is 4.92 Å². The van der Waals surface area contributed by atoms with Gasteiger partial charge < -0.3 is 5.32 Å². The highest BCUT2D eigenvalue weighted by Crippen LogP contribution is 2.36. The SMILES string of the molecule is Cc1ccc(Nc2nnc(Sc3ncc([N+](=O)[O-])s3)s2)cc1. The largest absolute Gasteiger partial charge is 0.344 e. The summed E-state index contributed by atoms with van der Waals surface area (Å²) in [6.07, 6.45) is 1.25. The van der Waals surface area contributed by atoms with Gasteiger partial charge in [0.05, 0.1) is 4.92 Å². The van der Waals surface area contributed by atoms with Crippen LogP contribution in [0.4, 0.5) is 15.8 Å². The van der Waals surface area contributed by atoms with Crippen LogP contribution in [0.15, 0.2) is 39.1 Å². The van der Waals surface area contributed by atoms with Crippen LogP contribution in [0.1, 0.15) is 5.56 Å². The molecule has 0 aliphatic carbocycles. The lowest BCUT2D eigenvalue weighted by molar-refractivity contribution is -0.380. The normalized spacial score (nSPS) is 10.6. The van der Waals surface area contributed by atoms with Crippen LogP contribution >= 0.6 is 34.4 Å². The third-order valence-electron chi connectivity index (χ3n) is 2.54. The van der Waals surface area contributed by atoms with E-state index in [1.807, 2.05) is 31.2 Å². The summed E-state index contributed by atoms with van der Waals surface area (Å²) >= 11 is 3.66. The van der Waals surface area contributed by atoms with Crippen molar-refractivity contribution in [2.24, 2.45) is 0 Å². The highest BCUT2D eigenvalue weighted by Gasteiger charge is 2.14. The van der Waals surface area contributed by atoms with Crippen molar-refractivity contribution in [3.63, 3.8) is 0 Å². The fraction of sp³-hybridized carbons (Fsp3) is 0.0833. The molecule has 0 saturated heterocycles. The predicted octanol–water partition coefficient (Wildman–Crippen LogP) is 4.11. The maximum Gasteiger partial charge on any atom is 0.344 e. The molecule has 112 valence electrons. The summed E-state index contributed by atoms with van der Waals surface area (Å²) in [5, 5.41) is 22.6. The van der Waals surface area contributed by atoms with Crippen molar-refractivity contribution in [1.82, 2.24) is 15.2 Å². The highest BCUT2D eigenvalue weighted by atomic mass is 32.2. The van der Waals surface area contributed by atoms with Gasteiger partial charge in [0.2, 0.25) is 5.13 Å². The Bertz CT molecular complexity index is 799. The Kier molecular flexibility index (Phi) is 4.32. The molecule has 2 heterocycles. The van der Waals surface area contributed by atoms with Gasteiger partial charge in [-0.05, 0) is 42.2 Å². The van der Waals surface area contributed by atoms with Crippen LogP contribution in [-0.4, -0.2) is 20.1 Å². The van der Waals surface area contributed by atoms with Crippen molar-refractivity contribution in [2.45, 2.75) is 15.6 Å². The number of hydrogen-bond donors (Lipinski definition) is 1. The van der Waals surface area contributed by atoms with Gasteiger partial charge in [-0.1, -0.05) is 29.0 Å². The van der Waals surface area contributed by atoms with E-state index in [0.717, 1.165) is 17.0 Å². The number of anilines is 2. The Morgan fingerprint density at radius 1 is 1.18 bits per heavy atom. The second-order valence-electron chi connectivity index (χ2n) is 4.19. The quantitative estimate of drug-likeness (QED) is 0.546. The minimum Gasteiger partial charge on any atom is -0.330 e. The van der Waals surface area contributed by atoms with E-state index in [4.69, 9.17) is 0 Å². The molecule has 2 aromatic heterocycles. The molecule has 0 radical (unpaired) electrons. The number of aryl methyl sites for hydroxylation is 1. The number of benzene rings is 1. The molecule has 0 bridgehead atoms. The summed E-state index contributed by atoms with van der Waals surface area (Å²) in [5.41, 5.74) is 2.12. The molecular formula is C12H9N5O2S3. The first-order valence-corrected chi connectivity index (χ1v) is 8.50. The lowest BCUT2D eigenvalue weighted by Crippen LogP contribution is -1.88. The van der Waals surface area contributed by atoms with E-state index in [0.29, 0.717) is 13.8 Å². The third kappa shape index (κ3) is 3.59. The Labute approximate surface area is 137 Å². The smallest absolute Gasteiger partial charge is 0.330 e. The summed E-state index contributed by atoms with van der Waals surface area (Å²) in [6.45, 7) is 2.02. The molecule has 0 aliphatic heterocycles. The van der Waals surface area contributed by atoms with Crippen LogP contribution in [-0.2, 0) is 0 Å². The van der Waals surface area contributed by atoms with Crippen molar-refractivity contribution in [2.75, 3.05) is 5.32 Å². The Morgan fingerprint density at radius 3 is 2.64 bits per heavy atom. The molecule has 0 spiro atoms. The Balaban J connectivity index is 1.67. The van der Waals surface area contributed by atoms with Gasteiger partial charge in [0.1, 0.15) is 6.20 Å². The van der Waals surface area contributed by atoms with Crippen LogP contribution in [0.3, 0.4) is 0 Å². The summed E-state index contributed by atoms with van der Waals surface area (Å²) < 4.78 is 1.25. The molecule has 0 aliphatic rings. The van der Waals surface area contributed by atoms with Crippen molar-refractivity contribution < 1.29 is 4.92 Å². The van der Waals surface area contributed by atoms with Gasteiger partial charge in [-0.3, -0.25) is 10.1 Å². The van der Waals surface area contributed by atoms with Crippen LogP contribution in [0.5, 0.6) is 0 Å². The molecule has 1 N–H and O–H groups in total. The topological polar surface area (TPSA) is 93.8 Å². The van der Waals surface area contributed by atoms with E-state index >= 15 is 0 Å². The summed E-state index contributed by atoms with van der Waals surface area (Å²) in [5.74, 6) is 0. The minimum atomic E-state index is -0.452. The molecule has 0 saturated carbocycles. The van der Waals surface area contributed by atoms with Crippen LogP contribution in [0.2, 0.25) is 0 Å². The molecule has 0 atom stereocenters. The first kappa shape index (κ1) is 14.9. The number of rotatable bonds is 5. The van der Waals surface area contributed by atoms with Crippen molar-refractivity contribution in [3.8, 4) is 0 Å². The zero-order chi connectivity index (χ0) is 15.5. The van der Waals surface area contributed by atoms with E-state index in [2.05, 4.69) is 20.5 Å². The van der Waals surface area contributed by atoms with Gasteiger partial charge in [0, 0.05) is 5.69 Å². The Hall–Kier alpha value is -2.04. The molecule has 3 aromatic rings. The van der Waals surface area contributed by atoms with E-state index in [1.54, 1.807) is 0 Å². The van der Waals surface area contributed by atoms with E-state index in [1.165, 1.54) is 34.9 Å². The number of nitrogens with zero attached hydrogens (tertiary/aromatic N) is 4. The zero-order valence-electron chi connectivity index (χ0n) is 11.2. The lowest BCUT2D eigenvalue weighted by atomic mass is 10.2. The third-order valence-corrected chi connectivity index (χ3v) is 5.45. The van der Waals surface area contributed by atoms with E-state index in [9.17, 15) is 10.1 Å². The first-order valence-electron chi connectivity index (χ1n) is 6.05. The number of nitro groups is 1. The summed E-state index contributed by atoms with van der Waals surface area (Å²) in [4.78, 5) is 14.2. The highest BCUT2D eigenvalue weighted by molar-refractivity contribution is 8.02. The van der Waals surface area contributed by atoms with Gasteiger partial charge in [0.25, 0.3) is 0 Å². The number of nitrogens with one attached hydrogen (secondary N) is 1. The fourth-order valence-corrected chi connectivity index (χ4v) is 4.27. The van der Waals surface area contributed by atoms with Gasteiger partial charge >= 0.3 is 5.00 Å². The zero-order valence-corrected chi connectivity index (χ0v) is 13.7. The molecule has 0 fully saturated rings. The maximum atomic E-state index is 10.6. The fourth-order valence-electron chi connectivity index (χ4n) is 1.52. The number of hydrogen-bond acceptors (Lipinski definition) is 9.